The average molecular weight is 363 g/mol. The summed E-state index contributed by atoms with van der Waals surface area (Å²) in [4.78, 5) is 18.2. The Labute approximate surface area is 150 Å². The average Bonchev–Trinajstić information content (AvgIpc) is 2.63. The zero-order valence-electron chi connectivity index (χ0n) is 14.2. The van der Waals surface area contributed by atoms with Crippen molar-refractivity contribution in [2.24, 2.45) is 0 Å². The van der Waals surface area contributed by atoms with Crippen molar-refractivity contribution in [1.29, 1.82) is 0 Å². The minimum absolute atomic E-state index is 0.0699. The molecule has 0 bridgehead atoms. The van der Waals surface area contributed by atoms with E-state index in [1.807, 2.05) is 0 Å². The second kappa shape index (κ2) is 7.86. The maximum absolute atomic E-state index is 12.8. The van der Waals surface area contributed by atoms with Crippen LogP contribution in [0.4, 0.5) is 13.2 Å². The quantitative estimate of drug-likeness (QED) is 0.904. The van der Waals surface area contributed by atoms with Crippen molar-refractivity contribution in [2.45, 2.75) is 31.6 Å². The zero-order chi connectivity index (χ0) is 18.6. The Balaban J connectivity index is 1.51. The Morgan fingerprint density at radius 2 is 1.96 bits per heavy atom. The molecule has 0 unspecified atom stereocenters. The molecule has 0 spiro atoms. The van der Waals surface area contributed by atoms with Gasteiger partial charge in [0.05, 0.1) is 11.1 Å². The van der Waals surface area contributed by atoms with Gasteiger partial charge in [0, 0.05) is 38.1 Å². The Kier molecular flexibility index (Phi) is 5.56. The van der Waals surface area contributed by atoms with Gasteiger partial charge in [0.2, 0.25) is 0 Å². The fourth-order valence-corrected chi connectivity index (χ4v) is 3.11. The van der Waals surface area contributed by atoms with E-state index in [4.69, 9.17) is 0 Å². The zero-order valence-corrected chi connectivity index (χ0v) is 14.2. The number of aromatic nitrogens is 1. The van der Waals surface area contributed by atoms with Crippen LogP contribution in [0.15, 0.2) is 48.8 Å². The molecule has 1 aromatic heterocycles. The number of piperidine rings is 1. The summed E-state index contributed by atoms with van der Waals surface area (Å²) in [5.41, 5.74) is 0.560. The number of carbonyl (C=O) groups is 1. The minimum atomic E-state index is -4.32. The number of likely N-dealkylation sites (tertiary alicyclic amines) is 1. The first kappa shape index (κ1) is 18.4. The Morgan fingerprint density at radius 1 is 1.19 bits per heavy atom. The number of halogens is 3. The van der Waals surface area contributed by atoms with Crippen molar-refractivity contribution in [2.75, 3.05) is 13.1 Å². The monoisotopic (exact) mass is 363 g/mol. The van der Waals surface area contributed by atoms with Crippen molar-refractivity contribution < 1.29 is 18.0 Å². The van der Waals surface area contributed by atoms with Crippen LogP contribution in [0, 0.1) is 0 Å². The van der Waals surface area contributed by atoms with Crippen LogP contribution >= 0.6 is 0 Å². The number of amides is 1. The lowest BCUT2D eigenvalue weighted by Gasteiger charge is -2.32. The van der Waals surface area contributed by atoms with Gasteiger partial charge in [-0.25, -0.2) is 0 Å². The molecule has 1 aliphatic rings. The van der Waals surface area contributed by atoms with E-state index in [2.05, 4.69) is 15.2 Å². The van der Waals surface area contributed by atoms with Crippen LogP contribution in [0.1, 0.15) is 34.3 Å². The van der Waals surface area contributed by atoms with E-state index in [0.717, 1.165) is 32.0 Å². The number of nitrogens with one attached hydrogen (secondary N) is 1. The Morgan fingerprint density at radius 3 is 2.62 bits per heavy atom. The summed E-state index contributed by atoms with van der Waals surface area (Å²) in [5, 5.41) is 2.99. The van der Waals surface area contributed by atoms with E-state index < -0.39 is 11.7 Å². The summed E-state index contributed by atoms with van der Waals surface area (Å²) in [7, 11) is 0. The second-order valence-corrected chi connectivity index (χ2v) is 6.46. The standard InChI is InChI=1S/C19H20F3N3O/c20-19(21,22)16-5-1-3-14(11-16)13-25-9-6-17(7-10-25)24-18(26)15-4-2-8-23-12-15/h1-5,8,11-12,17H,6-7,9-10,13H2,(H,24,26). The van der Waals surface area contributed by atoms with Gasteiger partial charge >= 0.3 is 6.18 Å². The van der Waals surface area contributed by atoms with Crippen LogP contribution in [0.2, 0.25) is 0 Å². The van der Waals surface area contributed by atoms with Crippen molar-refractivity contribution >= 4 is 5.91 Å². The van der Waals surface area contributed by atoms with Crippen LogP contribution in [-0.2, 0) is 12.7 Å². The molecule has 0 atom stereocenters. The van der Waals surface area contributed by atoms with Crippen LogP contribution in [0.3, 0.4) is 0 Å². The Bertz CT molecular complexity index is 741. The summed E-state index contributed by atoms with van der Waals surface area (Å²) in [6.45, 7) is 1.94. The molecule has 1 aromatic carbocycles. The minimum Gasteiger partial charge on any atom is -0.349 e. The van der Waals surface area contributed by atoms with Crippen molar-refractivity contribution in [1.82, 2.24) is 15.2 Å². The van der Waals surface area contributed by atoms with Gasteiger partial charge in [-0.15, -0.1) is 0 Å². The van der Waals surface area contributed by atoms with Gasteiger partial charge in [-0.3, -0.25) is 14.7 Å². The summed E-state index contributed by atoms with van der Waals surface area (Å²) >= 11 is 0. The van der Waals surface area contributed by atoms with E-state index in [1.165, 1.54) is 18.3 Å². The van der Waals surface area contributed by atoms with Gasteiger partial charge in [-0.05, 0) is 36.6 Å². The molecule has 7 heteroatoms. The van der Waals surface area contributed by atoms with Gasteiger partial charge in [0.25, 0.3) is 5.91 Å². The SMILES string of the molecule is O=C(NC1CCN(Cc2cccc(C(F)(F)F)c2)CC1)c1cccnc1. The summed E-state index contributed by atoms with van der Waals surface area (Å²) < 4.78 is 38.4. The van der Waals surface area contributed by atoms with Crippen molar-refractivity contribution in [3.8, 4) is 0 Å². The van der Waals surface area contributed by atoms with Crippen LogP contribution < -0.4 is 5.32 Å². The topological polar surface area (TPSA) is 45.2 Å². The lowest BCUT2D eigenvalue weighted by atomic mass is 10.0. The number of nitrogens with zero attached hydrogens (tertiary/aromatic N) is 2. The predicted octanol–water partition coefficient (Wildman–Crippen LogP) is 3.49. The summed E-state index contributed by atoms with van der Waals surface area (Å²) in [6.07, 6.45) is 0.358. The number of alkyl halides is 3. The fourth-order valence-electron chi connectivity index (χ4n) is 3.11. The molecule has 1 amide bonds. The molecular weight excluding hydrogens is 343 g/mol. The highest BCUT2D eigenvalue weighted by atomic mass is 19.4. The maximum Gasteiger partial charge on any atom is 0.416 e. The first-order valence-corrected chi connectivity index (χ1v) is 8.51. The van der Waals surface area contributed by atoms with E-state index >= 15 is 0 Å². The fraction of sp³-hybridized carbons (Fsp3) is 0.368. The van der Waals surface area contributed by atoms with Gasteiger partial charge in [0.15, 0.2) is 0 Å². The van der Waals surface area contributed by atoms with Crippen LogP contribution in [-0.4, -0.2) is 34.9 Å². The van der Waals surface area contributed by atoms with Gasteiger partial charge in [-0.1, -0.05) is 18.2 Å². The number of carbonyl (C=O) groups excluding carboxylic acids is 1. The third-order valence-corrected chi connectivity index (χ3v) is 4.51. The molecule has 3 rings (SSSR count). The van der Waals surface area contributed by atoms with Gasteiger partial charge < -0.3 is 5.32 Å². The first-order chi connectivity index (χ1) is 12.4. The van der Waals surface area contributed by atoms with Gasteiger partial charge in [-0.2, -0.15) is 13.2 Å². The molecule has 2 heterocycles. The van der Waals surface area contributed by atoms with Crippen LogP contribution in [0.5, 0.6) is 0 Å². The molecule has 1 fully saturated rings. The van der Waals surface area contributed by atoms with Crippen molar-refractivity contribution in [3.63, 3.8) is 0 Å². The van der Waals surface area contributed by atoms with E-state index in [0.29, 0.717) is 17.7 Å². The highest BCUT2D eigenvalue weighted by Crippen LogP contribution is 2.30. The normalized spacial score (nSPS) is 16.4. The van der Waals surface area contributed by atoms with Crippen molar-refractivity contribution in [3.05, 3.63) is 65.5 Å². The lowest BCUT2D eigenvalue weighted by Crippen LogP contribution is -2.44. The largest absolute Gasteiger partial charge is 0.416 e. The third kappa shape index (κ3) is 4.82. The Hall–Kier alpha value is -2.41. The number of hydrogen-bond donors (Lipinski definition) is 1. The third-order valence-electron chi connectivity index (χ3n) is 4.51. The molecule has 0 aliphatic carbocycles. The number of benzene rings is 1. The lowest BCUT2D eigenvalue weighted by molar-refractivity contribution is -0.137. The number of hydrogen-bond acceptors (Lipinski definition) is 3. The highest BCUT2D eigenvalue weighted by molar-refractivity contribution is 5.94. The molecule has 2 aromatic rings. The molecule has 138 valence electrons. The van der Waals surface area contributed by atoms with Crippen LogP contribution in [0.25, 0.3) is 0 Å². The maximum atomic E-state index is 12.8. The second-order valence-electron chi connectivity index (χ2n) is 6.46. The van der Waals surface area contributed by atoms with E-state index in [9.17, 15) is 18.0 Å². The molecule has 4 nitrogen and oxygen atoms in total. The highest BCUT2D eigenvalue weighted by Gasteiger charge is 2.30. The summed E-state index contributed by atoms with van der Waals surface area (Å²) in [5.74, 6) is -0.144. The van der Waals surface area contributed by atoms with E-state index in [1.54, 1.807) is 24.4 Å². The van der Waals surface area contributed by atoms with E-state index in [-0.39, 0.29) is 11.9 Å². The molecule has 1 saturated heterocycles. The molecule has 26 heavy (non-hydrogen) atoms. The molecule has 0 radical (unpaired) electrons. The number of pyridine rings is 1. The molecule has 1 N–H and O–H groups in total. The molecule has 1 aliphatic heterocycles. The molecule has 0 saturated carbocycles. The first-order valence-electron chi connectivity index (χ1n) is 8.51. The van der Waals surface area contributed by atoms with Gasteiger partial charge in [0.1, 0.15) is 0 Å². The summed E-state index contributed by atoms with van der Waals surface area (Å²) in [6, 6.07) is 8.95. The predicted molar refractivity (Wildman–Crippen MR) is 91.4 cm³/mol. The number of rotatable bonds is 4. The molecular formula is C19H20F3N3O. The smallest absolute Gasteiger partial charge is 0.349 e.